The first-order valence-corrected chi connectivity index (χ1v) is 6.74. The van der Waals surface area contributed by atoms with E-state index in [1.165, 1.54) is 0 Å². The lowest BCUT2D eigenvalue weighted by Gasteiger charge is -2.40. The molecule has 0 aromatic carbocycles. The number of hydrogen-bond acceptors (Lipinski definition) is 4. The highest BCUT2D eigenvalue weighted by atomic mass is 16.8. The molecule has 2 saturated carbocycles. The van der Waals surface area contributed by atoms with Crippen LogP contribution in [-0.2, 0) is 14.3 Å². The highest BCUT2D eigenvalue weighted by Crippen LogP contribution is 2.55. The third-order valence-electron chi connectivity index (χ3n) is 4.99. The summed E-state index contributed by atoms with van der Waals surface area (Å²) < 4.78 is 11.4. The second-order valence-corrected chi connectivity index (χ2v) is 6.47. The Morgan fingerprint density at radius 1 is 1.28 bits per heavy atom. The maximum absolute atomic E-state index is 12.6. The van der Waals surface area contributed by atoms with Gasteiger partial charge < -0.3 is 14.6 Å². The van der Waals surface area contributed by atoms with Crippen LogP contribution in [-0.4, -0.2) is 35.0 Å². The Kier molecular flexibility index (Phi) is 2.01. The van der Waals surface area contributed by atoms with Gasteiger partial charge >= 0.3 is 0 Å². The standard InChI is InChI=1S/C14H18O4/c1-14(2)17-12-10(15)8-6-3-4-7(5-6)9(8)11(16)13(12)18-14/h3-4,6-10,12-13,15H,5H2,1-2H3/t6-,7-,8+,9-,10-,12+,13-/m1/s1. The molecule has 0 spiro atoms. The molecule has 18 heavy (non-hydrogen) atoms. The smallest absolute Gasteiger partial charge is 0.168 e. The molecule has 7 atom stereocenters. The third kappa shape index (κ3) is 1.23. The van der Waals surface area contributed by atoms with Gasteiger partial charge in [-0.05, 0) is 32.1 Å². The first kappa shape index (κ1) is 11.1. The van der Waals surface area contributed by atoms with Crippen molar-refractivity contribution in [3.8, 4) is 0 Å². The molecule has 1 saturated heterocycles. The molecule has 3 fully saturated rings. The molecule has 0 aromatic rings. The van der Waals surface area contributed by atoms with Gasteiger partial charge in [-0.3, -0.25) is 4.79 Å². The van der Waals surface area contributed by atoms with Crippen LogP contribution in [0.5, 0.6) is 0 Å². The predicted molar refractivity (Wildman–Crippen MR) is 62.6 cm³/mol. The Morgan fingerprint density at radius 2 is 2.00 bits per heavy atom. The number of allylic oxidation sites excluding steroid dienone is 2. The van der Waals surface area contributed by atoms with E-state index in [4.69, 9.17) is 9.47 Å². The maximum Gasteiger partial charge on any atom is 0.168 e. The molecule has 0 unspecified atom stereocenters. The Labute approximate surface area is 106 Å². The van der Waals surface area contributed by atoms with E-state index in [1.54, 1.807) is 13.8 Å². The Morgan fingerprint density at radius 3 is 2.78 bits per heavy atom. The molecule has 4 rings (SSSR count). The summed E-state index contributed by atoms with van der Waals surface area (Å²) in [7, 11) is 0. The van der Waals surface area contributed by atoms with Gasteiger partial charge in [0.05, 0.1) is 6.10 Å². The van der Waals surface area contributed by atoms with E-state index in [0.717, 1.165) is 6.42 Å². The molecule has 4 heteroatoms. The van der Waals surface area contributed by atoms with Gasteiger partial charge in [0.1, 0.15) is 12.2 Å². The average molecular weight is 250 g/mol. The van der Waals surface area contributed by atoms with E-state index in [0.29, 0.717) is 11.8 Å². The van der Waals surface area contributed by atoms with E-state index in [9.17, 15) is 9.90 Å². The summed E-state index contributed by atoms with van der Waals surface area (Å²) in [5.41, 5.74) is 0. The van der Waals surface area contributed by atoms with E-state index in [-0.39, 0.29) is 17.6 Å². The highest BCUT2D eigenvalue weighted by Gasteiger charge is 2.63. The lowest BCUT2D eigenvalue weighted by molar-refractivity contribution is -0.157. The second kappa shape index (κ2) is 3.24. The van der Waals surface area contributed by atoms with Crippen molar-refractivity contribution in [3.05, 3.63) is 12.2 Å². The van der Waals surface area contributed by atoms with Crippen molar-refractivity contribution in [1.29, 1.82) is 0 Å². The van der Waals surface area contributed by atoms with Crippen LogP contribution >= 0.6 is 0 Å². The number of aliphatic hydroxyl groups excluding tert-OH is 1. The molecule has 4 aliphatic rings. The molecular formula is C14H18O4. The van der Waals surface area contributed by atoms with Crippen molar-refractivity contribution >= 4 is 5.78 Å². The van der Waals surface area contributed by atoms with E-state index < -0.39 is 24.1 Å². The van der Waals surface area contributed by atoms with Crippen molar-refractivity contribution in [2.75, 3.05) is 0 Å². The van der Waals surface area contributed by atoms with Crippen molar-refractivity contribution in [2.45, 2.75) is 44.4 Å². The number of aliphatic hydroxyl groups is 1. The first-order chi connectivity index (χ1) is 8.48. The van der Waals surface area contributed by atoms with Gasteiger partial charge in [-0.25, -0.2) is 0 Å². The number of Topliss-reactive ketones (excluding diaryl/α,β-unsaturated/α-hetero) is 1. The van der Waals surface area contributed by atoms with Crippen molar-refractivity contribution in [1.82, 2.24) is 0 Å². The minimum atomic E-state index is -0.767. The van der Waals surface area contributed by atoms with Gasteiger partial charge in [-0.15, -0.1) is 0 Å². The number of carbonyl (C=O) groups is 1. The van der Waals surface area contributed by atoms with Gasteiger partial charge in [-0.1, -0.05) is 12.2 Å². The molecule has 3 aliphatic carbocycles. The lowest BCUT2D eigenvalue weighted by Crippen LogP contribution is -2.56. The quantitative estimate of drug-likeness (QED) is 0.649. The van der Waals surface area contributed by atoms with Crippen LogP contribution in [0.2, 0.25) is 0 Å². The zero-order valence-corrected chi connectivity index (χ0v) is 10.6. The van der Waals surface area contributed by atoms with Crippen LogP contribution in [0.3, 0.4) is 0 Å². The molecule has 98 valence electrons. The Bertz CT molecular complexity index is 441. The molecule has 2 bridgehead atoms. The number of ether oxygens (including phenoxy) is 2. The number of fused-ring (bicyclic) bond motifs is 6. The summed E-state index contributed by atoms with van der Waals surface area (Å²) in [6.45, 7) is 3.60. The zero-order chi connectivity index (χ0) is 12.7. The van der Waals surface area contributed by atoms with Crippen LogP contribution in [0, 0.1) is 23.7 Å². The predicted octanol–water partition coefficient (Wildman–Crippen LogP) is 0.888. The van der Waals surface area contributed by atoms with Crippen molar-refractivity contribution < 1.29 is 19.4 Å². The summed E-state index contributed by atoms with van der Waals surface area (Å²) in [6, 6.07) is 0. The normalized spacial score (nSPS) is 55.7. The summed E-state index contributed by atoms with van der Waals surface area (Å²) in [4.78, 5) is 12.6. The molecule has 1 aliphatic heterocycles. The maximum atomic E-state index is 12.6. The molecular weight excluding hydrogens is 232 g/mol. The monoisotopic (exact) mass is 250 g/mol. The van der Waals surface area contributed by atoms with Gasteiger partial charge in [0.15, 0.2) is 11.6 Å². The summed E-state index contributed by atoms with van der Waals surface area (Å²) >= 11 is 0. The van der Waals surface area contributed by atoms with Gasteiger partial charge in [0.25, 0.3) is 0 Å². The number of carbonyl (C=O) groups excluding carboxylic acids is 1. The fourth-order valence-electron chi connectivity index (χ4n) is 4.39. The fourth-order valence-corrected chi connectivity index (χ4v) is 4.39. The molecule has 1 N–H and O–H groups in total. The van der Waals surface area contributed by atoms with Crippen LogP contribution in [0.25, 0.3) is 0 Å². The largest absolute Gasteiger partial charge is 0.390 e. The van der Waals surface area contributed by atoms with E-state index in [2.05, 4.69) is 12.2 Å². The van der Waals surface area contributed by atoms with E-state index >= 15 is 0 Å². The number of hydrogen-bond donors (Lipinski definition) is 1. The van der Waals surface area contributed by atoms with Gasteiger partial charge in [0.2, 0.25) is 0 Å². The second-order valence-electron chi connectivity index (χ2n) is 6.47. The number of ketones is 1. The Balaban J connectivity index is 1.73. The first-order valence-electron chi connectivity index (χ1n) is 6.74. The highest BCUT2D eigenvalue weighted by molar-refractivity contribution is 5.89. The molecule has 0 radical (unpaired) electrons. The topological polar surface area (TPSA) is 55.8 Å². The SMILES string of the molecule is CC1(C)O[C@H]2[C@H](O)[C@@H]3[C@H](C(=O)[C@H]2O1)[C@@H]1C=C[C@@H]3C1. The van der Waals surface area contributed by atoms with Crippen LogP contribution in [0.4, 0.5) is 0 Å². The summed E-state index contributed by atoms with van der Waals surface area (Å²) in [6.07, 6.45) is 3.65. The lowest BCUT2D eigenvalue weighted by atomic mass is 9.69. The molecule has 0 aromatic heterocycles. The summed E-state index contributed by atoms with van der Waals surface area (Å²) in [5, 5.41) is 10.5. The Hall–Kier alpha value is -0.710. The minimum absolute atomic E-state index is 0.0336. The molecule has 1 heterocycles. The van der Waals surface area contributed by atoms with Crippen molar-refractivity contribution in [3.63, 3.8) is 0 Å². The fraction of sp³-hybridized carbons (Fsp3) is 0.786. The number of rotatable bonds is 0. The van der Waals surface area contributed by atoms with E-state index in [1.807, 2.05) is 0 Å². The molecule has 0 amide bonds. The van der Waals surface area contributed by atoms with Gasteiger partial charge in [0, 0.05) is 11.8 Å². The van der Waals surface area contributed by atoms with Gasteiger partial charge in [-0.2, -0.15) is 0 Å². The zero-order valence-electron chi connectivity index (χ0n) is 10.6. The van der Waals surface area contributed by atoms with Crippen LogP contribution in [0.15, 0.2) is 12.2 Å². The molecule has 4 nitrogen and oxygen atoms in total. The van der Waals surface area contributed by atoms with Crippen LogP contribution in [0.1, 0.15) is 20.3 Å². The summed E-state index contributed by atoms with van der Waals surface area (Å²) in [5.74, 6) is -0.0165. The minimum Gasteiger partial charge on any atom is -0.390 e. The van der Waals surface area contributed by atoms with Crippen molar-refractivity contribution in [2.24, 2.45) is 23.7 Å². The van der Waals surface area contributed by atoms with Crippen LogP contribution < -0.4 is 0 Å². The average Bonchev–Trinajstić information content (AvgIpc) is 2.96. The third-order valence-corrected chi connectivity index (χ3v) is 4.99.